The lowest BCUT2D eigenvalue weighted by molar-refractivity contribution is -0.137. The van der Waals surface area contributed by atoms with Crippen LogP contribution in [0.3, 0.4) is 0 Å². The van der Waals surface area contributed by atoms with Crippen LogP contribution in [0.15, 0.2) is 18.2 Å². The second kappa shape index (κ2) is 5.18. The summed E-state index contributed by atoms with van der Waals surface area (Å²) < 4.78 is 62.1. The Balaban J connectivity index is 3.12. The molecule has 0 aliphatic carbocycles. The number of hydrogen-bond donors (Lipinski definition) is 1. The zero-order valence-corrected chi connectivity index (χ0v) is 9.19. The summed E-state index contributed by atoms with van der Waals surface area (Å²) in [5.41, 5.74) is 4.09. The van der Waals surface area contributed by atoms with Gasteiger partial charge in [-0.05, 0) is 17.7 Å². The van der Waals surface area contributed by atoms with Gasteiger partial charge in [0, 0.05) is 6.54 Å². The van der Waals surface area contributed by atoms with Crippen LogP contribution >= 0.6 is 11.6 Å². The van der Waals surface area contributed by atoms with Crippen LogP contribution in [0, 0.1) is 0 Å². The monoisotopic (exact) mass is 273 g/mol. The van der Waals surface area contributed by atoms with Crippen molar-refractivity contribution in [2.45, 2.75) is 18.5 Å². The van der Waals surface area contributed by atoms with Crippen molar-refractivity contribution in [2.75, 3.05) is 6.54 Å². The summed E-state index contributed by atoms with van der Waals surface area (Å²) >= 11 is 5.41. The van der Waals surface area contributed by atoms with Gasteiger partial charge in [-0.3, -0.25) is 0 Å². The van der Waals surface area contributed by atoms with Gasteiger partial charge in [-0.2, -0.15) is 13.2 Å². The molecule has 0 saturated carbocycles. The molecule has 7 heteroatoms. The highest BCUT2D eigenvalue weighted by Crippen LogP contribution is 2.36. The number of benzene rings is 1. The number of rotatable bonds is 3. The Morgan fingerprint density at radius 1 is 1.24 bits per heavy atom. The molecule has 1 nitrogen and oxygen atoms in total. The van der Waals surface area contributed by atoms with Crippen LogP contribution < -0.4 is 5.73 Å². The van der Waals surface area contributed by atoms with Gasteiger partial charge in [0.15, 0.2) is 0 Å². The van der Waals surface area contributed by atoms with Gasteiger partial charge in [0.25, 0.3) is 0 Å². The first-order valence-electron chi connectivity index (χ1n) is 4.62. The van der Waals surface area contributed by atoms with E-state index in [1.807, 2.05) is 0 Å². The number of alkyl halides is 5. The van der Waals surface area contributed by atoms with Crippen molar-refractivity contribution in [3.05, 3.63) is 34.3 Å². The zero-order valence-electron chi connectivity index (χ0n) is 8.44. The van der Waals surface area contributed by atoms with Crippen LogP contribution in [-0.4, -0.2) is 13.0 Å². The predicted octanol–water partition coefficient (Wildman–Crippen LogP) is 3.67. The summed E-state index contributed by atoms with van der Waals surface area (Å²) in [6, 6.07) is 2.54. The summed E-state index contributed by atoms with van der Waals surface area (Å²) in [6.07, 6.45) is -7.34. The molecule has 1 atom stereocenters. The molecule has 1 rings (SSSR count). The molecule has 1 aromatic rings. The normalized spacial score (nSPS) is 14.1. The first kappa shape index (κ1) is 14.2. The molecule has 0 saturated heterocycles. The van der Waals surface area contributed by atoms with E-state index in [9.17, 15) is 22.0 Å². The minimum atomic E-state index is -4.60. The van der Waals surface area contributed by atoms with E-state index in [0.29, 0.717) is 6.07 Å². The van der Waals surface area contributed by atoms with E-state index in [-0.39, 0.29) is 12.1 Å². The van der Waals surface area contributed by atoms with Crippen molar-refractivity contribution in [1.82, 2.24) is 0 Å². The van der Waals surface area contributed by atoms with Crippen LogP contribution in [0.2, 0.25) is 5.02 Å². The van der Waals surface area contributed by atoms with Crippen molar-refractivity contribution in [3.8, 4) is 0 Å². The summed E-state index contributed by atoms with van der Waals surface area (Å²) in [4.78, 5) is 0. The number of halogens is 6. The van der Waals surface area contributed by atoms with Crippen molar-refractivity contribution < 1.29 is 22.0 Å². The van der Waals surface area contributed by atoms with E-state index in [0.717, 1.165) is 12.1 Å². The standard InChI is InChI=1S/C10H9ClF5N/c11-8-3-5(6(4-17)9(12)13)1-2-7(8)10(14,15)16/h1-3,6,9H,4,17H2. The SMILES string of the molecule is NCC(c1ccc(C(F)(F)F)c(Cl)c1)C(F)F. The molecule has 96 valence electrons. The van der Waals surface area contributed by atoms with Gasteiger partial charge in [0.05, 0.1) is 16.5 Å². The van der Waals surface area contributed by atoms with Crippen molar-refractivity contribution >= 4 is 11.6 Å². The first-order valence-corrected chi connectivity index (χ1v) is 5.00. The average Bonchev–Trinajstić information content (AvgIpc) is 2.15. The highest BCUT2D eigenvalue weighted by Gasteiger charge is 2.33. The topological polar surface area (TPSA) is 26.0 Å². The van der Waals surface area contributed by atoms with E-state index in [1.54, 1.807) is 0 Å². The van der Waals surface area contributed by atoms with Gasteiger partial charge in [0.2, 0.25) is 6.43 Å². The highest BCUT2D eigenvalue weighted by molar-refractivity contribution is 6.31. The smallest absolute Gasteiger partial charge is 0.330 e. The molecule has 0 bridgehead atoms. The highest BCUT2D eigenvalue weighted by atomic mass is 35.5. The molecule has 2 N–H and O–H groups in total. The van der Waals surface area contributed by atoms with E-state index >= 15 is 0 Å². The summed E-state index contributed by atoms with van der Waals surface area (Å²) in [5, 5.41) is -0.603. The lowest BCUT2D eigenvalue weighted by atomic mass is 9.98. The Morgan fingerprint density at radius 3 is 2.18 bits per heavy atom. The molecular formula is C10H9ClF5N. The van der Waals surface area contributed by atoms with Crippen LogP contribution in [0.4, 0.5) is 22.0 Å². The van der Waals surface area contributed by atoms with Crippen molar-refractivity contribution in [1.29, 1.82) is 0 Å². The molecule has 1 unspecified atom stereocenters. The average molecular weight is 274 g/mol. The molecule has 0 aromatic heterocycles. The van der Waals surface area contributed by atoms with Gasteiger partial charge in [-0.25, -0.2) is 8.78 Å². The quantitative estimate of drug-likeness (QED) is 0.836. The summed E-state index contributed by atoms with van der Waals surface area (Å²) in [6.45, 7) is -0.362. The Hall–Kier alpha value is -0.880. The van der Waals surface area contributed by atoms with E-state index in [4.69, 9.17) is 17.3 Å². The number of hydrogen-bond acceptors (Lipinski definition) is 1. The van der Waals surface area contributed by atoms with Gasteiger partial charge < -0.3 is 5.73 Å². The Labute approximate surface area is 99.4 Å². The summed E-state index contributed by atoms with van der Waals surface area (Å²) in [5.74, 6) is -1.31. The largest absolute Gasteiger partial charge is 0.417 e. The van der Waals surface area contributed by atoms with E-state index in [1.165, 1.54) is 0 Å². The lowest BCUT2D eigenvalue weighted by Crippen LogP contribution is -2.20. The minimum absolute atomic E-state index is 0.000463. The van der Waals surface area contributed by atoms with Crippen LogP contribution in [0.25, 0.3) is 0 Å². The molecule has 0 fully saturated rings. The molecule has 0 heterocycles. The fourth-order valence-electron chi connectivity index (χ4n) is 1.38. The maximum absolute atomic E-state index is 12.5. The third-order valence-corrected chi connectivity index (χ3v) is 2.60. The molecule has 0 amide bonds. The second-order valence-electron chi connectivity index (χ2n) is 3.41. The molecule has 17 heavy (non-hydrogen) atoms. The van der Waals surface area contributed by atoms with Crippen LogP contribution in [0.5, 0.6) is 0 Å². The van der Waals surface area contributed by atoms with Gasteiger partial charge in [0.1, 0.15) is 0 Å². The molecule has 1 aromatic carbocycles. The maximum Gasteiger partial charge on any atom is 0.417 e. The van der Waals surface area contributed by atoms with Crippen LogP contribution in [-0.2, 0) is 6.18 Å². The van der Waals surface area contributed by atoms with Gasteiger partial charge in [-0.1, -0.05) is 17.7 Å². The third kappa shape index (κ3) is 3.29. The number of nitrogens with two attached hydrogens (primary N) is 1. The van der Waals surface area contributed by atoms with Crippen LogP contribution in [0.1, 0.15) is 17.0 Å². The minimum Gasteiger partial charge on any atom is -0.330 e. The fourth-order valence-corrected chi connectivity index (χ4v) is 1.67. The molecule has 0 radical (unpaired) electrons. The second-order valence-corrected chi connectivity index (χ2v) is 3.82. The molecule has 0 aliphatic rings. The fraction of sp³-hybridized carbons (Fsp3) is 0.400. The molecule has 0 aliphatic heterocycles. The Morgan fingerprint density at radius 2 is 1.82 bits per heavy atom. The lowest BCUT2D eigenvalue weighted by Gasteiger charge is -2.16. The van der Waals surface area contributed by atoms with E-state index < -0.39 is 29.1 Å². The van der Waals surface area contributed by atoms with E-state index in [2.05, 4.69) is 0 Å². The van der Waals surface area contributed by atoms with Gasteiger partial charge in [-0.15, -0.1) is 0 Å². The summed E-state index contributed by atoms with van der Waals surface area (Å²) in [7, 11) is 0. The third-order valence-electron chi connectivity index (χ3n) is 2.28. The predicted molar refractivity (Wildman–Crippen MR) is 54.3 cm³/mol. The maximum atomic E-state index is 12.5. The van der Waals surface area contributed by atoms with Crippen molar-refractivity contribution in [2.24, 2.45) is 5.73 Å². The first-order chi connectivity index (χ1) is 7.77. The Kier molecular flexibility index (Phi) is 4.32. The van der Waals surface area contributed by atoms with Gasteiger partial charge >= 0.3 is 6.18 Å². The van der Waals surface area contributed by atoms with Crippen molar-refractivity contribution in [3.63, 3.8) is 0 Å². The molecular weight excluding hydrogens is 265 g/mol. The Bertz CT molecular complexity index is 391. The zero-order chi connectivity index (χ0) is 13.2. The molecule has 0 spiro atoms.